The number of carbonyl (C=O) groups excluding carboxylic acids is 2. The van der Waals surface area contributed by atoms with E-state index in [9.17, 15) is 9.59 Å². The molecule has 1 saturated heterocycles. The van der Waals surface area contributed by atoms with E-state index in [0.717, 1.165) is 35.2 Å². The molecule has 1 aliphatic rings. The number of nitrogens with zero attached hydrogens (tertiary/aromatic N) is 2. The summed E-state index contributed by atoms with van der Waals surface area (Å²) in [6.45, 7) is 3.10. The predicted molar refractivity (Wildman–Crippen MR) is 96.5 cm³/mol. The highest BCUT2D eigenvalue weighted by atomic mass is 16.6. The fraction of sp³-hybridized carbons (Fsp3) is 0.278. The van der Waals surface area contributed by atoms with Crippen LogP contribution in [0.25, 0.3) is 10.8 Å². The smallest absolute Gasteiger partial charge is 0.404 e. The molecule has 3 rings (SSSR count). The van der Waals surface area contributed by atoms with Crippen molar-refractivity contribution in [2.75, 3.05) is 23.3 Å². The Morgan fingerprint density at radius 1 is 1.40 bits per heavy atom. The summed E-state index contributed by atoms with van der Waals surface area (Å²) >= 11 is 0. The van der Waals surface area contributed by atoms with Gasteiger partial charge in [-0.15, -0.1) is 0 Å². The summed E-state index contributed by atoms with van der Waals surface area (Å²) in [5.74, 6) is 0.668. The number of nitrogens with two attached hydrogens (primary N) is 1. The number of hydrogen-bond donors (Lipinski definition) is 2. The number of carbonyl (C=O) groups is 2. The van der Waals surface area contributed by atoms with Crippen molar-refractivity contribution in [1.82, 2.24) is 4.98 Å². The molecule has 0 spiro atoms. The summed E-state index contributed by atoms with van der Waals surface area (Å²) in [6.07, 6.45) is 4.66. The van der Waals surface area contributed by atoms with Crippen LogP contribution in [0.3, 0.4) is 0 Å². The van der Waals surface area contributed by atoms with Gasteiger partial charge in [-0.25, -0.2) is 9.78 Å². The largest absolute Gasteiger partial charge is 0.444 e. The second-order valence-electron chi connectivity index (χ2n) is 5.85. The monoisotopic (exact) mass is 340 g/mol. The van der Waals surface area contributed by atoms with Gasteiger partial charge in [-0.05, 0) is 42.7 Å². The molecule has 1 atom stereocenters. The second kappa shape index (κ2) is 7.21. The molecule has 25 heavy (non-hydrogen) atoms. The fourth-order valence-corrected chi connectivity index (χ4v) is 3.01. The molecule has 7 nitrogen and oxygen atoms in total. The van der Waals surface area contributed by atoms with Crippen LogP contribution in [0.15, 0.2) is 42.6 Å². The zero-order chi connectivity index (χ0) is 17.8. The maximum atomic E-state index is 11.7. The number of pyridine rings is 1. The van der Waals surface area contributed by atoms with Crippen molar-refractivity contribution in [3.8, 4) is 0 Å². The van der Waals surface area contributed by atoms with E-state index in [1.54, 1.807) is 19.2 Å². The van der Waals surface area contributed by atoms with Gasteiger partial charge in [-0.2, -0.15) is 0 Å². The fourth-order valence-electron chi connectivity index (χ4n) is 3.01. The Balaban J connectivity index is 1.83. The van der Waals surface area contributed by atoms with Crippen molar-refractivity contribution in [2.45, 2.75) is 19.4 Å². The highest BCUT2D eigenvalue weighted by Gasteiger charge is 2.26. The van der Waals surface area contributed by atoms with Crippen molar-refractivity contribution in [3.05, 3.63) is 42.6 Å². The van der Waals surface area contributed by atoms with Gasteiger partial charge in [0.05, 0.1) is 6.54 Å². The van der Waals surface area contributed by atoms with Crippen molar-refractivity contribution >= 4 is 34.3 Å². The van der Waals surface area contributed by atoms with Crippen molar-refractivity contribution in [3.63, 3.8) is 0 Å². The Kier molecular flexibility index (Phi) is 4.83. The standard InChI is InChI=1S/C18H20N4O3/c1-2-3-16(23)21-13-4-5-15-12(10-13)6-8-20-17(15)22-9-7-14(11-22)25-18(19)24/h2-6,8,10,14H,7,9,11H2,1H3,(H2,19,24)(H,21,23). The summed E-state index contributed by atoms with van der Waals surface area (Å²) in [5.41, 5.74) is 5.82. The van der Waals surface area contributed by atoms with Crippen LogP contribution in [0.5, 0.6) is 0 Å². The highest BCUT2D eigenvalue weighted by Crippen LogP contribution is 2.29. The third kappa shape index (κ3) is 3.88. The molecule has 3 N–H and O–H groups in total. The number of primary amides is 1. The zero-order valence-corrected chi connectivity index (χ0v) is 13.9. The number of benzene rings is 1. The van der Waals surface area contributed by atoms with Gasteiger partial charge in [0.2, 0.25) is 5.91 Å². The third-order valence-electron chi connectivity index (χ3n) is 4.06. The summed E-state index contributed by atoms with van der Waals surface area (Å²) < 4.78 is 5.08. The SMILES string of the molecule is CC=CC(=O)Nc1ccc2c(N3CCC(OC(N)=O)C3)nccc2c1. The lowest BCUT2D eigenvalue weighted by Crippen LogP contribution is -2.27. The van der Waals surface area contributed by atoms with E-state index >= 15 is 0 Å². The van der Waals surface area contributed by atoms with Crippen molar-refractivity contribution in [1.29, 1.82) is 0 Å². The number of fused-ring (bicyclic) bond motifs is 1. The van der Waals surface area contributed by atoms with E-state index in [-0.39, 0.29) is 12.0 Å². The molecule has 1 unspecified atom stereocenters. The molecule has 1 aromatic heterocycles. The average molecular weight is 340 g/mol. The van der Waals surface area contributed by atoms with Crippen LogP contribution < -0.4 is 16.0 Å². The van der Waals surface area contributed by atoms with Crippen LogP contribution in [-0.4, -0.2) is 36.2 Å². The van der Waals surface area contributed by atoms with Crippen LogP contribution in [-0.2, 0) is 9.53 Å². The molecular weight excluding hydrogens is 320 g/mol. The number of allylic oxidation sites excluding steroid dienone is 1. The first-order chi connectivity index (χ1) is 12.1. The molecule has 2 heterocycles. The van der Waals surface area contributed by atoms with E-state index in [1.165, 1.54) is 6.08 Å². The number of ether oxygens (including phenoxy) is 1. The van der Waals surface area contributed by atoms with Crippen LogP contribution in [0.4, 0.5) is 16.3 Å². The Hall–Kier alpha value is -3.09. The lowest BCUT2D eigenvalue weighted by molar-refractivity contribution is -0.111. The van der Waals surface area contributed by atoms with Crippen LogP contribution in [0.2, 0.25) is 0 Å². The minimum Gasteiger partial charge on any atom is -0.444 e. The zero-order valence-electron chi connectivity index (χ0n) is 13.9. The molecule has 130 valence electrons. The van der Waals surface area contributed by atoms with Gasteiger partial charge >= 0.3 is 6.09 Å². The minimum absolute atomic E-state index is 0.165. The maximum absolute atomic E-state index is 11.7. The molecule has 7 heteroatoms. The lowest BCUT2D eigenvalue weighted by atomic mass is 10.1. The minimum atomic E-state index is -0.751. The van der Waals surface area contributed by atoms with Gasteiger partial charge < -0.3 is 20.7 Å². The van der Waals surface area contributed by atoms with E-state index in [0.29, 0.717) is 6.54 Å². The van der Waals surface area contributed by atoms with E-state index < -0.39 is 6.09 Å². The molecule has 1 aliphatic heterocycles. The van der Waals surface area contributed by atoms with Crippen LogP contribution in [0.1, 0.15) is 13.3 Å². The van der Waals surface area contributed by atoms with Gasteiger partial charge in [0.15, 0.2) is 0 Å². The highest BCUT2D eigenvalue weighted by molar-refractivity contribution is 6.02. The molecule has 0 aliphatic carbocycles. The van der Waals surface area contributed by atoms with Gasteiger partial charge in [-0.3, -0.25) is 4.79 Å². The average Bonchev–Trinajstić information content (AvgIpc) is 3.01. The number of amides is 2. The molecule has 0 bridgehead atoms. The maximum Gasteiger partial charge on any atom is 0.404 e. The van der Waals surface area contributed by atoms with Crippen molar-refractivity contribution < 1.29 is 14.3 Å². The summed E-state index contributed by atoms with van der Waals surface area (Å²) in [7, 11) is 0. The molecule has 0 radical (unpaired) electrons. The Labute approximate surface area is 145 Å². The number of hydrogen-bond acceptors (Lipinski definition) is 5. The summed E-state index contributed by atoms with van der Waals surface area (Å²) in [4.78, 5) is 29.1. The molecule has 1 fully saturated rings. The van der Waals surface area contributed by atoms with E-state index in [4.69, 9.17) is 10.5 Å². The number of aromatic nitrogens is 1. The number of rotatable bonds is 4. The summed E-state index contributed by atoms with van der Waals surface area (Å²) in [5, 5.41) is 4.77. The predicted octanol–water partition coefficient (Wildman–Crippen LogP) is 2.42. The first-order valence-electron chi connectivity index (χ1n) is 8.10. The molecule has 0 saturated carbocycles. The Bertz CT molecular complexity index is 834. The Morgan fingerprint density at radius 3 is 3.00 bits per heavy atom. The third-order valence-corrected chi connectivity index (χ3v) is 4.06. The molecule has 1 aromatic carbocycles. The normalized spacial score (nSPS) is 17.2. The van der Waals surface area contributed by atoms with Crippen LogP contribution in [0, 0.1) is 0 Å². The van der Waals surface area contributed by atoms with Crippen molar-refractivity contribution in [2.24, 2.45) is 5.73 Å². The Morgan fingerprint density at radius 2 is 2.24 bits per heavy atom. The van der Waals surface area contributed by atoms with Gasteiger partial charge in [0.25, 0.3) is 0 Å². The molecule has 2 amide bonds. The topological polar surface area (TPSA) is 97.5 Å². The van der Waals surface area contributed by atoms with Crippen LogP contribution >= 0.6 is 0 Å². The first-order valence-corrected chi connectivity index (χ1v) is 8.10. The number of anilines is 2. The van der Waals surface area contributed by atoms with E-state index in [2.05, 4.69) is 15.2 Å². The van der Waals surface area contributed by atoms with Gasteiger partial charge in [0, 0.05) is 30.2 Å². The second-order valence-corrected chi connectivity index (χ2v) is 5.85. The van der Waals surface area contributed by atoms with Gasteiger partial charge in [-0.1, -0.05) is 6.08 Å². The number of nitrogens with one attached hydrogen (secondary N) is 1. The lowest BCUT2D eigenvalue weighted by Gasteiger charge is -2.19. The summed E-state index contributed by atoms with van der Waals surface area (Å²) in [6, 6.07) is 7.60. The quantitative estimate of drug-likeness (QED) is 0.833. The molecular formula is C18H20N4O3. The molecule has 2 aromatic rings. The van der Waals surface area contributed by atoms with Gasteiger partial charge in [0.1, 0.15) is 11.9 Å². The van der Waals surface area contributed by atoms with E-state index in [1.807, 2.05) is 24.3 Å². The first kappa shape index (κ1) is 16.8.